The largest absolute Gasteiger partial charge is 0.387 e. The van der Waals surface area contributed by atoms with Crippen LogP contribution in [0, 0.1) is 18.7 Å². The Bertz CT molecular complexity index is 1140. The van der Waals surface area contributed by atoms with Gasteiger partial charge in [-0.3, -0.25) is 9.78 Å². The number of rotatable bonds is 6. The van der Waals surface area contributed by atoms with Gasteiger partial charge in [0, 0.05) is 30.2 Å². The molecule has 4 rings (SSSR count). The molecule has 0 N–H and O–H groups in total. The molecule has 0 aliphatic carbocycles. The summed E-state index contributed by atoms with van der Waals surface area (Å²) in [5, 5.41) is 4.21. The lowest BCUT2D eigenvalue weighted by molar-refractivity contribution is 0.0855. The van der Waals surface area contributed by atoms with Crippen molar-refractivity contribution in [1.82, 2.24) is 4.98 Å². The van der Waals surface area contributed by atoms with Gasteiger partial charge < -0.3 is 4.84 Å². The van der Waals surface area contributed by atoms with Crippen molar-refractivity contribution in [3.8, 4) is 11.1 Å². The number of benzene rings is 2. The molecule has 2 aromatic carbocycles. The van der Waals surface area contributed by atoms with Crippen molar-refractivity contribution >= 4 is 11.5 Å². The molecule has 158 valence electrons. The van der Waals surface area contributed by atoms with Crippen molar-refractivity contribution in [2.75, 3.05) is 0 Å². The van der Waals surface area contributed by atoms with Gasteiger partial charge in [0.15, 0.2) is 11.9 Å². The Kier molecular flexibility index (Phi) is 5.94. The number of carbonyl (C=O) groups is 1. The molecule has 1 aliphatic heterocycles. The maximum atomic E-state index is 14.7. The summed E-state index contributed by atoms with van der Waals surface area (Å²) in [6.07, 6.45) is 2.33. The Labute approximate surface area is 181 Å². The number of pyridine rings is 1. The molecule has 4 nitrogen and oxygen atoms in total. The summed E-state index contributed by atoms with van der Waals surface area (Å²) >= 11 is 0. The smallest absolute Gasteiger partial charge is 0.163 e. The second-order valence-electron chi connectivity index (χ2n) is 8.40. The highest BCUT2D eigenvalue weighted by Gasteiger charge is 2.26. The normalized spacial score (nSPS) is 15.6. The Morgan fingerprint density at radius 3 is 2.71 bits per heavy atom. The SMILES string of the molecule is Cc1ccc(-c2cc(C(=O)CC(C)C)cc(C3CC(c4ccccn4)=NO3)c2)c(F)c1. The van der Waals surface area contributed by atoms with Gasteiger partial charge in [-0.25, -0.2) is 4.39 Å². The first-order valence-electron chi connectivity index (χ1n) is 10.5. The summed E-state index contributed by atoms with van der Waals surface area (Å²) in [6, 6.07) is 16.3. The molecular formula is C26H25FN2O2. The minimum absolute atomic E-state index is 0.0366. The Hall–Kier alpha value is -3.34. The van der Waals surface area contributed by atoms with Gasteiger partial charge in [0.1, 0.15) is 11.5 Å². The van der Waals surface area contributed by atoms with Crippen LogP contribution in [-0.2, 0) is 4.84 Å². The van der Waals surface area contributed by atoms with E-state index in [1.165, 1.54) is 6.07 Å². The van der Waals surface area contributed by atoms with Crippen LogP contribution in [0.4, 0.5) is 4.39 Å². The highest BCUT2D eigenvalue weighted by Crippen LogP contribution is 2.34. The third kappa shape index (κ3) is 4.71. The first kappa shape index (κ1) is 20.9. The number of ketones is 1. The minimum Gasteiger partial charge on any atom is -0.387 e. The first-order valence-corrected chi connectivity index (χ1v) is 10.5. The lowest BCUT2D eigenvalue weighted by atomic mass is 9.91. The van der Waals surface area contributed by atoms with Crippen molar-refractivity contribution in [3.63, 3.8) is 0 Å². The number of oxime groups is 1. The predicted octanol–water partition coefficient (Wildman–Crippen LogP) is 6.29. The fraction of sp³-hybridized carbons (Fsp3) is 0.269. The number of halogens is 1. The molecule has 1 atom stereocenters. The highest BCUT2D eigenvalue weighted by molar-refractivity contribution is 6.00. The second-order valence-corrected chi connectivity index (χ2v) is 8.40. The maximum absolute atomic E-state index is 14.7. The molecule has 1 aromatic heterocycles. The topological polar surface area (TPSA) is 51.5 Å². The van der Waals surface area contributed by atoms with E-state index in [9.17, 15) is 9.18 Å². The van der Waals surface area contributed by atoms with Crippen LogP contribution in [0.15, 0.2) is 65.9 Å². The lowest BCUT2D eigenvalue weighted by Crippen LogP contribution is -2.07. The molecule has 31 heavy (non-hydrogen) atoms. The summed E-state index contributed by atoms with van der Waals surface area (Å²) in [7, 11) is 0. The van der Waals surface area contributed by atoms with Crippen LogP contribution in [0.5, 0.6) is 0 Å². The number of aromatic nitrogens is 1. The van der Waals surface area contributed by atoms with Crippen LogP contribution in [-0.4, -0.2) is 16.5 Å². The van der Waals surface area contributed by atoms with E-state index < -0.39 is 0 Å². The zero-order chi connectivity index (χ0) is 22.0. The van der Waals surface area contributed by atoms with E-state index in [0.717, 1.165) is 22.5 Å². The minimum atomic E-state index is -0.351. The fourth-order valence-corrected chi connectivity index (χ4v) is 3.74. The van der Waals surface area contributed by atoms with Crippen LogP contribution >= 0.6 is 0 Å². The molecule has 0 saturated carbocycles. The van der Waals surface area contributed by atoms with Gasteiger partial charge in [0.05, 0.1) is 5.69 Å². The maximum Gasteiger partial charge on any atom is 0.163 e. The van der Waals surface area contributed by atoms with Crippen molar-refractivity contribution in [3.05, 3.63) is 89.0 Å². The highest BCUT2D eigenvalue weighted by atomic mass is 19.1. The third-order valence-electron chi connectivity index (χ3n) is 5.31. The second kappa shape index (κ2) is 8.80. The average Bonchev–Trinajstić information content (AvgIpc) is 3.24. The van der Waals surface area contributed by atoms with E-state index in [2.05, 4.69) is 10.1 Å². The number of nitrogens with zero attached hydrogens (tertiary/aromatic N) is 2. The summed E-state index contributed by atoms with van der Waals surface area (Å²) in [5.41, 5.74) is 4.87. The molecule has 0 amide bonds. The Morgan fingerprint density at radius 2 is 2.00 bits per heavy atom. The molecule has 3 aromatic rings. The molecule has 0 spiro atoms. The van der Waals surface area contributed by atoms with Crippen LogP contribution in [0.2, 0.25) is 0 Å². The summed E-state index contributed by atoms with van der Waals surface area (Å²) in [5.74, 6) is -0.0378. The third-order valence-corrected chi connectivity index (χ3v) is 5.31. The zero-order valence-electron chi connectivity index (χ0n) is 17.9. The van der Waals surface area contributed by atoms with Gasteiger partial charge in [-0.15, -0.1) is 0 Å². The predicted molar refractivity (Wildman–Crippen MR) is 120 cm³/mol. The molecule has 2 heterocycles. The van der Waals surface area contributed by atoms with E-state index in [1.54, 1.807) is 18.3 Å². The zero-order valence-corrected chi connectivity index (χ0v) is 17.9. The van der Waals surface area contributed by atoms with E-state index in [-0.39, 0.29) is 23.6 Å². The number of carbonyl (C=O) groups excluding carboxylic acids is 1. The number of hydrogen-bond donors (Lipinski definition) is 0. The van der Waals surface area contributed by atoms with Gasteiger partial charge in [0.2, 0.25) is 0 Å². The van der Waals surface area contributed by atoms with Gasteiger partial charge >= 0.3 is 0 Å². The molecule has 1 aliphatic rings. The van der Waals surface area contributed by atoms with Crippen molar-refractivity contribution in [2.24, 2.45) is 11.1 Å². The van der Waals surface area contributed by atoms with E-state index in [0.29, 0.717) is 29.5 Å². The summed E-state index contributed by atoms with van der Waals surface area (Å²) in [4.78, 5) is 22.9. The first-order chi connectivity index (χ1) is 14.9. The number of aryl methyl sites for hydroxylation is 1. The molecule has 1 unspecified atom stereocenters. The van der Waals surface area contributed by atoms with Crippen molar-refractivity contribution in [1.29, 1.82) is 0 Å². The van der Waals surface area contributed by atoms with Crippen molar-refractivity contribution < 1.29 is 14.0 Å². The standard InChI is InChI=1S/C26H25FN2O2/c1-16(2)10-25(30)19-12-18(21-8-7-17(3)11-22(21)27)13-20(14-19)26-15-24(29-31-26)23-6-4-5-9-28-23/h4-9,11-14,16,26H,10,15H2,1-3H3. The molecule has 0 bridgehead atoms. The lowest BCUT2D eigenvalue weighted by Gasteiger charge is -2.15. The number of hydrogen-bond acceptors (Lipinski definition) is 4. The molecule has 5 heteroatoms. The van der Waals surface area contributed by atoms with Crippen LogP contribution < -0.4 is 0 Å². The van der Waals surface area contributed by atoms with E-state index in [4.69, 9.17) is 4.84 Å². The van der Waals surface area contributed by atoms with Crippen molar-refractivity contribution in [2.45, 2.75) is 39.7 Å². The monoisotopic (exact) mass is 416 g/mol. The van der Waals surface area contributed by atoms with Crippen LogP contribution in [0.1, 0.15) is 60.0 Å². The van der Waals surface area contributed by atoms with Gasteiger partial charge in [-0.1, -0.05) is 37.2 Å². The van der Waals surface area contributed by atoms with E-state index >= 15 is 0 Å². The average molecular weight is 416 g/mol. The summed E-state index contributed by atoms with van der Waals surface area (Å²) < 4.78 is 14.7. The van der Waals surface area contributed by atoms with Gasteiger partial charge in [-0.05, 0) is 65.9 Å². The van der Waals surface area contributed by atoms with Gasteiger partial charge in [-0.2, -0.15) is 0 Å². The van der Waals surface area contributed by atoms with E-state index in [1.807, 2.05) is 57.2 Å². The number of Topliss-reactive ketones (excluding diaryl/α,β-unsaturated/α-hetero) is 1. The van der Waals surface area contributed by atoms with Gasteiger partial charge in [0.25, 0.3) is 0 Å². The molecular weight excluding hydrogens is 391 g/mol. The fourth-order valence-electron chi connectivity index (χ4n) is 3.74. The molecule has 0 radical (unpaired) electrons. The summed E-state index contributed by atoms with van der Waals surface area (Å²) in [6.45, 7) is 5.87. The Balaban J connectivity index is 1.71. The quantitative estimate of drug-likeness (QED) is 0.444. The molecule has 0 fully saturated rings. The van der Waals surface area contributed by atoms with Crippen LogP contribution in [0.25, 0.3) is 11.1 Å². The van der Waals surface area contributed by atoms with Crippen LogP contribution in [0.3, 0.4) is 0 Å². The Morgan fingerprint density at radius 1 is 1.16 bits per heavy atom. The molecule has 0 saturated heterocycles.